The van der Waals surface area contributed by atoms with Crippen LogP contribution in [0.15, 0.2) is 48.7 Å². The van der Waals surface area contributed by atoms with Gasteiger partial charge in [-0.25, -0.2) is 4.98 Å². The lowest BCUT2D eigenvalue weighted by Gasteiger charge is -2.22. The minimum atomic E-state index is -0.623. The van der Waals surface area contributed by atoms with Gasteiger partial charge in [0.05, 0.1) is 6.10 Å². The zero-order valence-electron chi connectivity index (χ0n) is 12.3. The maximum atomic E-state index is 10.1. The molecule has 0 spiro atoms. The summed E-state index contributed by atoms with van der Waals surface area (Å²) in [5, 5.41) is 10.1. The minimum absolute atomic E-state index is 0.0507. The molecule has 0 saturated heterocycles. The number of nitrogens with zero attached hydrogens (tertiary/aromatic N) is 1. The molecular formula is C16H23NO3. The molecule has 4 heteroatoms. The molecule has 0 amide bonds. The Balaban J connectivity index is 2.53. The summed E-state index contributed by atoms with van der Waals surface area (Å²) in [4.78, 5) is 4.09. The van der Waals surface area contributed by atoms with E-state index in [1.54, 1.807) is 19.4 Å². The van der Waals surface area contributed by atoms with Gasteiger partial charge in [-0.15, -0.1) is 6.58 Å². The van der Waals surface area contributed by atoms with Crippen LogP contribution in [0.3, 0.4) is 0 Å². The van der Waals surface area contributed by atoms with Gasteiger partial charge in [-0.05, 0) is 18.6 Å². The second-order valence-electron chi connectivity index (χ2n) is 4.76. The van der Waals surface area contributed by atoms with Crippen molar-refractivity contribution in [2.45, 2.75) is 26.1 Å². The van der Waals surface area contributed by atoms with Crippen molar-refractivity contribution in [3.63, 3.8) is 0 Å². The first-order valence-corrected chi connectivity index (χ1v) is 6.63. The van der Waals surface area contributed by atoms with Crippen molar-refractivity contribution in [1.29, 1.82) is 0 Å². The number of aliphatic hydroxyl groups excluding tert-OH is 1. The molecule has 1 aromatic heterocycles. The predicted molar refractivity (Wildman–Crippen MR) is 79.7 cm³/mol. The summed E-state index contributed by atoms with van der Waals surface area (Å²) in [5.41, 5.74) is 1.03. The first kappa shape index (κ1) is 16.4. The van der Waals surface area contributed by atoms with Crippen LogP contribution in [0.1, 0.15) is 13.8 Å². The van der Waals surface area contributed by atoms with Crippen molar-refractivity contribution >= 4 is 0 Å². The average Bonchev–Trinajstić information content (AvgIpc) is 2.47. The highest BCUT2D eigenvalue weighted by molar-refractivity contribution is 5.12. The molecule has 0 fully saturated rings. The number of aromatic nitrogens is 1. The van der Waals surface area contributed by atoms with Crippen LogP contribution < -0.4 is 4.74 Å². The molecule has 0 saturated carbocycles. The van der Waals surface area contributed by atoms with Crippen LogP contribution in [0.2, 0.25) is 0 Å². The lowest BCUT2D eigenvalue weighted by atomic mass is 9.97. The Kier molecular flexibility index (Phi) is 6.98. The molecule has 1 aromatic rings. The Hall–Kier alpha value is -1.65. The third-order valence-electron chi connectivity index (χ3n) is 3.01. The van der Waals surface area contributed by atoms with Crippen molar-refractivity contribution in [3.8, 4) is 5.88 Å². The minimum Gasteiger partial charge on any atom is -0.473 e. The zero-order valence-corrected chi connectivity index (χ0v) is 12.3. The fourth-order valence-corrected chi connectivity index (χ4v) is 1.89. The molecule has 1 rings (SSSR count). The summed E-state index contributed by atoms with van der Waals surface area (Å²) in [6, 6.07) is 5.53. The van der Waals surface area contributed by atoms with Crippen LogP contribution >= 0.6 is 0 Å². The average molecular weight is 277 g/mol. The van der Waals surface area contributed by atoms with E-state index < -0.39 is 6.10 Å². The Morgan fingerprint density at radius 2 is 2.25 bits per heavy atom. The molecule has 3 atom stereocenters. The Bertz CT molecular complexity index is 431. The largest absolute Gasteiger partial charge is 0.473 e. The van der Waals surface area contributed by atoms with E-state index in [4.69, 9.17) is 9.47 Å². The summed E-state index contributed by atoms with van der Waals surface area (Å²) in [6.07, 6.45) is 4.28. The fourth-order valence-electron chi connectivity index (χ4n) is 1.89. The number of hydrogen-bond donors (Lipinski definition) is 1. The van der Waals surface area contributed by atoms with E-state index in [2.05, 4.69) is 11.6 Å². The second kappa shape index (κ2) is 8.51. The van der Waals surface area contributed by atoms with E-state index in [1.807, 2.05) is 38.1 Å². The molecule has 3 unspecified atom stereocenters. The normalized spacial score (nSPS) is 16.3. The van der Waals surface area contributed by atoms with E-state index >= 15 is 0 Å². The Labute approximate surface area is 120 Å². The van der Waals surface area contributed by atoms with Crippen molar-refractivity contribution < 1.29 is 14.6 Å². The Morgan fingerprint density at radius 3 is 2.80 bits per heavy atom. The van der Waals surface area contributed by atoms with Gasteiger partial charge in [-0.1, -0.05) is 25.1 Å². The molecule has 1 N–H and O–H groups in total. The molecular weight excluding hydrogens is 254 g/mol. The quantitative estimate of drug-likeness (QED) is 0.742. The van der Waals surface area contributed by atoms with Crippen LogP contribution in [0.4, 0.5) is 0 Å². The van der Waals surface area contributed by atoms with Crippen molar-refractivity contribution in [2.75, 3.05) is 13.7 Å². The summed E-state index contributed by atoms with van der Waals surface area (Å²) in [7, 11) is 1.56. The highest BCUT2D eigenvalue weighted by Gasteiger charge is 2.20. The first-order valence-electron chi connectivity index (χ1n) is 6.63. The molecule has 0 aliphatic heterocycles. The maximum Gasteiger partial charge on any atom is 0.213 e. The van der Waals surface area contributed by atoms with Gasteiger partial charge in [0.1, 0.15) is 12.7 Å². The summed E-state index contributed by atoms with van der Waals surface area (Å²) in [6.45, 7) is 7.99. The van der Waals surface area contributed by atoms with Crippen LogP contribution in [0.25, 0.3) is 0 Å². The number of rotatable bonds is 8. The topological polar surface area (TPSA) is 51.6 Å². The molecule has 0 aliphatic rings. The number of aliphatic hydroxyl groups is 1. The van der Waals surface area contributed by atoms with Gasteiger partial charge in [0.25, 0.3) is 0 Å². The smallest absolute Gasteiger partial charge is 0.213 e. The summed E-state index contributed by atoms with van der Waals surface area (Å²) >= 11 is 0. The summed E-state index contributed by atoms with van der Waals surface area (Å²) in [5.74, 6) is 0.541. The molecule has 1 heterocycles. The standard InChI is InChI=1S/C16H23NO3/c1-5-14(19-4)16(18)13(3)10-12(2)11-20-15-8-6-7-9-17-15/h5-10,13-14,16,18H,1,11H2,2-4H3. The molecule has 0 radical (unpaired) electrons. The van der Waals surface area contributed by atoms with Gasteiger partial charge >= 0.3 is 0 Å². The van der Waals surface area contributed by atoms with E-state index in [1.165, 1.54) is 0 Å². The van der Waals surface area contributed by atoms with Crippen LogP contribution in [0.5, 0.6) is 5.88 Å². The Morgan fingerprint density at radius 1 is 1.50 bits per heavy atom. The molecule has 110 valence electrons. The second-order valence-corrected chi connectivity index (χ2v) is 4.76. The zero-order chi connectivity index (χ0) is 15.0. The van der Waals surface area contributed by atoms with Crippen molar-refractivity contribution in [2.24, 2.45) is 5.92 Å². The lowest BCUT2D eigenvalue weighted by molar-refractivity contribution is -0.00159. The van der Waals surface area contributed by atoms with Gasteiger partial charge in [-0.2, -0.15) is 0 Å². The molecule has 20 heavy (non-hydrogen) atoms. The van der Waals surface area contributed by atoms with Crippen LogP contribution in [0, 0.1) is 5.92 Å². The van der Waals surface area contributed by atoms with Gasteiger partial charge in [-0.3, -0.25) is 0 Å². The van der Waals surface area contributed by atoms with Crippen molar-refractivity contribution in [1.82, 2.24) is 4.98 Å². The van der Waals surface area contributed by atoms with Crippen LogP contribution in [-0.4, -0.2) is 36.0 Å². The fraction of sp³-hybridized carbons (Fsp3) is 0.438. The van der Waals surface area contributed by atoms with E-state index in [0.29, 0.717) is 12.5 Å². The third kappa shape index (κ3) is 5.15. The third-order valence-corrected chi connectivity index (χ3v) is 3.01. The van der Waals surface area contributed by atoms with Gasteiger partial charge < -0.3 is 14.6 Å². The maximum absolute atomic E-state index is 10.1. The highest BCUT2D eigenvalue weighted by atomic mass is 16.5. The van der Waals surface area contributed by atoms with Gasteiger partial charge in [0.2, 0.25) is 5.88 Å². The number of methoxy groups -OCH3 is 1. The summed E-state index contributed by atoms with van der Waals surface area (Å²) < 4.78 is 10.7. The van der Waals surface area contributed by atoms with E-state index in [-0.39, 0.29) is 12.0 Å². The molecule has 4 nitrogen and oxygen atoms in total. The molecule has 0 aliphatic carbocycles. The lowest BCUT2D eigenvalue weighted by Crippen LogP contribution is -2.31. The van der Waals surface area contributed by atoms with Crippen molar-refractivity contribution in [3.05, 3.63) is 48.7 Å². The SMILES string of the molecule is C=CC(OC)C(O)C(C)C=C(C)COc1ccccn1. The molecule has 0 aromatic carbocycles. The van der Waals surface area contributed by atoms with Crippen LogP contribution in [-0.2, 0) is 4.74 Å². The van der Waals surface area contributed by atoms with E-state index in [9.17, 15) is 5.11 Å². The number of pyridine rings is 1. The monoisotopic (exact) mass is 277 g/mol. The first-order chi connectivity index (χ1) is 9.58. The van der Waals surface area contributed by atoms with E-state index in [0.717, 1.165) is 5.57 Å². The predicted octanol–water partition coefficient (Wildman–Crippen LogP) is 2.60. The highest BCUT2D eigenvalue weighted by Crippen LogP contribution is 2.15. The van der Waals surface area contributed by atoms with Gasteiger partial charge in [0, 0.05) is 25.3 Å². The number of ether oxygens (including phenoxy) is 2. The van der Waals surface area contributed by atoms with Gasteiger partial charge in [0.15, 0.2) is 0 Å². The molecule has 0 bridgehead atoms. The number of hydrogen-bond acceptors (Lipinski definition) is 4.